The van der Waals surface area contributed by atoms with Crippen LogP contribution in [0.2, 0.25) is 0 Å². The summed E-state index contributed by atoms with van der Waals surface area (Å²) in [4.78, 5) is 0. The van der Waals surface area contributed by atoms with Crippen molar-refractivity contribution in [2.75, 3.05) is 6.79 Å². The number of hydrogen-bond donors (Lipinski definition) is 2. The van der Waals surface area contributed by atoms with Crippen molar-refractivity contribution in [3.63, 3.8) is 0 Å². The second-order valence-electron chi connectivity index (χ2n) is 4.77. The van der Waals surface area contributed by atoms with Crippen LogP contribution in [-0.2, 0) is 6.54 Å². The molecule has 0 radical (unpaired) electrons. The Morgan fingerprint density at radius 2 is 1.96 bits per heavy atom. The number of hydrazone groups is 1. The van der Waals surface area contributed by atoms with E-state index in [9.17, 15) is 0 Å². The van der Waals surface area contributed by atoms with Crippen LogP contribution < -0.4 is 20.2 Å². The molecular weight excluding hydrogens is 378 g/mol. The number of ether oxygens (including phenoxy) is 2. The molecule has 0 spiro atoms. The van der Waals surface area contributed by atoms with Crippen molar-refractivity contribution in [1.82, 2.24) is 10.7 Å². The first-order chi connectivity index (χ1) is 11.2. The molecular formula is C16H14BrN3O2S. The number of fused-ring (bicyclic) bond motifs is 1. The van der Waals surface area contributed by atoms with Gasteiger partial charge in [0.1, 0.15) is 0 Å². The topological polar surface area (TPSA) is 54.9 Å². The average molecular weight is 392 g/mol. The molecule has 0 amide bonds. The van der Waals surface area contributed by atoms with Crippen LogP contribution in [0.1, 0.15) is 11.1 Å². The lowest BCUT2D eigenvalue weighted by atomic mass is 10.2. The highest BCUT2D eigenvalue weighted by molar-refractivity contribution is 9.10. The van der Waals surface area contributed by atoms with Crippen LogP contribution in [0.15, 0.2) is 52.0 Å². The summed E-state index contributed by atoms with van der Waals surface area (Å²) in [5.41, 5.74) is 4.81. The van der Waals surface area contributed by atoms with Gasteiger partial charge in [0.25, 0.3) is 0 Å². The SMILES string of the molecule is S=C(NCc1ccccc1)N/N=C/c1cc2c(cc1Br)OCO2. The van der Waals surface area contributed by atoms with Crippen molar-refractivity contribution < 1.29 is 9.47 Å². The molecule has 3 rings (SSSR count). The first-order valence-electron chi connectivity index (χ1n) is 6.92. The lowest BCUT2D eigenvalue weighted by Crippen LogP contribution is -2.31. The van der Waals surface area contributed by atoms with E-state index in [-0.39, 0.29) is 6.79 Å². The highest BCUT2D eigenvalue weighted by Gasteiger charge is 2.15. The average Bonchev–Trinajstić information content (AvgIpc) is 3.01. The quantitative estimate of drug-likeness (QED) is 0.476. The summed E-state index contributed by atoms with van der Waals surface area (Å²) < 4.78 is 11.5. The van der Waals surface area contributed by atoms with Gasteiger partial charge in [0.2, 0.25) is 6.79 Å². The molecule has 5 nitrogen and oxygen atoms in total. The molecule has 0 atom stereocenters. The van der Waals surface area contributed by atoms with Crippen molar-refractivity contribution in [3.05, 3.63) is 58.1 Å². The molecule has 2 aromatic carbocycles. The van der Waals surface area contributed by atoms with Crippen LogP contribution in [0.4, 0.5) is 0 Å². The highest BCUT2D eigenvalue weighted by Crippen LogP contribution is 2.36. The molecule has 118 valence electrons. The standard InChI is InChI=1S/C16H14BrN3O2S/c17-13-7-15-14(21-10-22-15)6-12(13)9-19-20-16(23)18-8-11-4-2-1-3-5-11/h1-7,9H,8,10H2,(H2,18,20,23)/b19-9+. The van der Waals surface area contributed by atoms with Gasteiger partial charge >= 0.3 is 0 Å². The summed E-state index contributed by atoms with van der Waals surface area (Å²) in [6.45, 7) is 0.893. The van der Waals surface area contributed by atoms with Gasteiger partial charge in [-0.3, -0.25) is 5.43 Å². The van der Waals surface area contributed by atoms with E-state index in [1.54, 1.807) is 6.21 Å². The Bertz CT molecular complexity index is 738. The molecule has 2 aromatic rings. The molecule has 0 saturated heterocycles. The van der Waals surface area contributed by atoms with Crippen molar-refractivity contribution >= 4 is 39.5 Å². The summed E-state index contributed by atoms with van der Waals surface area (Å²) in [7, 11) is 0. The Morgan fingerprint density at radius 1 is 1.22 bits per heavy atom. The second-order valence-corrected chi connectivity index (χ2v) is 6.03. The van der Waals surface area contributed by atoms with Gasteiger partial charge in [0.05, 0.1) is 6.21 Å². The van der Waals surface area contributed by atoms with E-state index in [1.165, 1.54) is 0 Å². The third-order valence-electron chi connectivity index (χ3n) is 3.16. The molecule has 23 heavy (non-hydrogen) atoms. The Morgan fingerprint density at radius 3 is 2.74 bits per heavy atom. The van der Waals surface area contributed by atoms with Gasteiger partial charge < -0.3 is 14.8 Å². The van der Waals surface area contributed by atoms with Crippen LogP contribution in [-0.4, -0.2) is 18.1 Å². The minimum Gasteiger partial charge on any atom is -0.454 e. The number of benzene rings is 2. The minimum atomic E-state index is 0.244. The summed E-state index contributed by atoms with van der Waals surface area (Å²) in [6.07, 6.45) is 1.67. The molecule has 1 aliphatic rings. The van der Waals surface area contributed by atoms with Gasteiger partial charge in [-0.25, -0.2) is 0 Å². The maximum Gasteiger partial charge on any atom is 0.231 e. The van der Waals surface area contributed by atoms with E-state index in [0.717, 1.165) is 21.3 Å². The predicted molar refractivity (Wildman–Crippen MR) is 96.9 cm³/mol. The first-order valence-corrected chi connectivity index (χ1v) is 8.12. The van der Waals surface area contributed by atoms with E-state index in [0.29, 0.717) is 17.4 Å². The smallest absolute Gasteiger partial charge is 0.231 e. The monoisotopic (exact) mass is 391 g/mol. The Kier molecular flexibility index (Phi) is 5.09. The summed E-state index contributed by atoms with van der Waals surface area (Å²) in [5, 5.41) is 7.69. The van der Waals surface area contributed by atoms with Crippen molar-refractivity contribution in [2.24, 2.45) is 5.10 Å². The molecule has 1 aliphatic heterocycles. The Balaban J connectivity index is 1.53. The van der Waals surface area contributed by atoms with Crippen LogP contribution in [0.5, 0.6) is 11.5 Å². The zero-order chi connectivity index (χ0) is 16.1. The number of nitrogens with zero attached hydrogens (tertiary/aromatic N) is 1. The van der Waals surface area contributed by atoms with E-state index in [2.05, 4.69) is 31.8 Å². The van der Waals surface area contributed by atoms with E-state index in [4.69, 9.17) is 21.7 Å². The maximum atomic E-state index is 5.35. The van der Waals surface area contributed by atoms with Crippen LogP contribution in [0.25, 0.3) is 0 Å². The number of nitrogens with one attached hydrogen (secondary N) is 2. The molecule has 0 saturated carbocycles. The van der Waals surface area contributed by atoms with Gasteiger partial charge in [0, 0.05) is 16.6 Å². The normalized spacial score (nSPS) is 12.4. The molecule has 0 unspecified atom stereocenters. The number of hydrogen-bond acceptors (Lipinski definition) is 4. The molecule has 0 bridgehead atoms. The largest absolute Gasteiger partial charge is 0.454 e. The zero-order valence-electron chi connectivity index (χ0n) is 12.1. The van der Waals surface area contributed by atoms with E-state index < -0.39 is 0 Å². The minimum absolute atomic E-state index is 0.244. The molecule has 0 fully saturated rings. The van der Waals surface area contributed by atoms with Crippen molar-refractivity contribution in [2.45, 2.75) is 6.54 Å². The van der Waals surface area contributed by atoms with Crippen molar-refractivity contribution in [3.8, 4) is 11.5 Å². The molecule has 0 aromatic heterocycles. The lowest BCUT2D eigenvalue weighted by Gasteiger charge is -2.07. The van der Waals surface area contributed by atoms with Gasteiger partial charge in [-0.2, -0.15) is 5.10 Å². The second kappa shape index (κ2) is 7.43. The van der Waals surface area contributed by atoms with Gasteiger partial charge in [0.15, 0.2) is 16.6 Å². The number of halogens is 1. The zero-order valence-corrected chi connectivity index (χ0v) is 14.5. The first kappa shape index (κ1) is 15.8. The number of thiocarbonyl (C=S) groups is 1. The van der Waals surface area contributed by atoms with Gasteiger partial charge in [-0.1, -0.05) is 30.3 Å². The molecule has 0 aliphatic carbocycles. The third-order valence-corrected chi connectivity index (χ3v) is 4.08. The molecule has 7 heteroatoms. The van der Waals surface area contributed by atoms with Crippen LogP contribution in [0, 0.1) is 0 Å². The third kappa shape index (κ3) is 4.20. The maximum absolute atomic E-state index is 5.35. The van der Waals surface area contributed by atoms with E-state index in [1.807, 2.05) is 42.5 Å². The fourth-order valence-electron chi connectivity index (χ4n) is 2.01. The Hall–Kier alpha value is -2.12. The molecule has 2 N–H and O–H groups in total. The van der Waals surface area contributed by atoms with Crippen LogP contribution >= 0.6 is 28.1 Å². The fourth-order valence-corrected chi connectivity index (χ4v) is 2.56. The van der Waals surface area contributed by atoms with Gasteiger partial charge in [-0.15, -0.1) is 0 Å². The fraction of sp³-hybridized carbons (Fsp3) is 0.125. The summed E-state index contributed by atoms with van der Waals surface area (Å²) in [5.74, 6) is 1.43. The lowest BCUT2D eigenvalue weighted by molar-refractivity contribution is 0.174. The van der Waals surface area contributed by atoms with Crippen LogP contribution in [0.3, 0.4) is 0 Å². The Labute approximate surface area is 147 Å². The number of rotatable bonds is 4. The molecule has 1 heterocycles. The summed E-state index contributed by atoms with van der Waals surface area (Å²) >= 11 is 8.66. The van der Waals surface area contributed by atoms with Gasteiger partial charge in [-0.05, 0) is 45.8 Å². The predicted octanol–water partition coefficient (Wildman–Crippen LogP) is 3.18. The summed E-state index contributed by atoms with van der Waals surface area (Å²) in [6, 6.07) is 13.7. The van der Waals surface area contributed by atoms with Crippen molar-refractivity contribution in [1.29, 1.82) is 0 Å². The van der Waals surface area contributed by atoms with E-state index >= 15 is 0 Å². The highest BCUT2D eigenvalue weighted by atomic mass is 79.9.